The van der Waals surface area contributed by atoms with Crippen LogP contribution in [0.2, 0.25) is 0 Å². The Morgan fingerprint density at radius 2 is 2.12 bits per heavy atom. The van der Waals surface area contributed by atoms with Crippen LogP contribution in [0.1, 0.15) is 24.1 Å². The van der Waals surface area contributed by atoms with Crippen LogP contribution in [0.5, 0.6) is 0 Å². The number of carbonyl (C=O) groups excluding carboxylic acids is 1. The van der Waals surface area contributed by atoms with Gasteiger partial charge in [0.1, 0.15) is 0 Å². The molecule has 2 aromatic rings. The highest BCUT2D eigenvalue weighted by Crippen LogP contribution is 2.14. The molecule has 2 heterocycles. The fourth-order valence-corrected chi connectivity index (χ4v) is 3.31. The maximum absolute atomic E-state index is 12.4. The second kappa shape index (κ2) is 8.16. The molecule has 0 bridgehead atoms. The third-order valence-electron chi connectivity index (χ3n) is 4.60. The van der Waals surface area contributed by atoms with Crippen molar-refractivity contribution in [1.82, 2.24) is 24.9 Å². The van der Waals surface area contributed by atoms with Crippen molar-refractivity contribution in [3.05, 3.63) is 53.9 Å². The van der Waals surface area contributed by atoms with E-state index in [-0.39, 0.29) is 12.1 Å². The van der Waals surface area contributed by atoms with Gasteiger partial charge in [-0.15, -0.1) is 0 Å². The van der Waals surface area contributed by atoms with E-state index < -0.39 is 0 Å². The molecule has 0 spiro atoms. The molecule has 0 saturated carbocycles. The van der Waals surface area contributed by atoms with Crippen molar-refractivity contribution in [3.63, 3.8) is 0 Å². The lowest BCUT2D eigenvalue weighted by Gasteiger charge is -2.34. The van der Waals surface area contributed by atoms with Crippen LogP contribution in [0.25, 0.3) is 0 Å². The number of piperidine rings is 1. The first kappa shape index (κ1) is 17.5. The molecule has 0 aliphatic carbocycles. The normalized spacial score (nSPS) is 18.1. The summed E-state index contributed by atoms with van der Waals surface area (Å²) in [7, 11) is 3.70. The zero-order chi connectivity index (χ0) is 17.6. The van der Waals surface area contributed by atoms with Crippen molar-refractivity contribution in [3.8, 4) is 0 Å². The van der Waals surface area contributed by atoms with Crippen LogP contribution >= 0.6 is 0 Å². The summed E-state index contributed by atoms with van der Waals surface area (Å²) in [5, 5.41) is 7.50. The number of amides is 2. The molecule has 1 aromatic heterocycles. The SMILES string of the molecule is CN(Cc1ccn(C)n1)C(=O)NC1CCCN(Cc2ccccc2)C1. The van der Waals surface area contributed by atoms with E-state index >= 15 is 0 Å². The Balaban J connectivity index is 1.48. The molecule has 2 amide bonds. The van der Waals surface area contributed by atoms with Gasteiger partial charge in [-0.3, -0.25) is 9.58 Å². The average Bonchev–Trinajstić information content (AvgIpc) is 3.01. The largest absolute Gasteiger partial charge is 0.334 e. The van der Waals surface area contributed by atoms with Gasteiger partial charge >= 0.3 is 6.03 Å². The molecule has 1 aliphatic rings. The van der Waals surface area contributed by atoms with Gasteiger partial charge in [-0.2, -0.15) is 5.10 Å². The van der Waals surface area contributed by atoms with Crippen LogP contribution in [0, 0.1) is 0 Å². The standard InChI is InChI=1S/C19H27N5O/c1-22(14-18-10-12-23(2)21-18)19(25)20-17-9-6-11-24(15-17)13-16-7-4-3-5-8-16/h3-5,7-8,10,12,17H,6,9,11,13-15H2,1-2H3,(H,20,25). The number of likely N-dealkylation sites (tertiary alicyclic amines) is 1. The predicted octanol–water partition coefficient (Wildman–Crippen LogP) is 2.23. The Kier molecular flexibility index (Phi) is 5.71. The van der Waals surface area contributed by atoms with Gasteiger partial charge in [0.15, 0.2) is 0 Å². The molecule has 1 N–H and O–H groups in total. The molecule has 1 saturated heterocycles. The van der Waals surface area contributed by atoms with E-state index in [1.807, 2.05) is 32.4 Å². The first-order valence-corrected chi connectivity index (χ1v) is 8.86. The van der Waals surface area contributed by atoms with Gasteiger partial charge in [0.05, 0.1) is 12.2 Å². The Morgan fingerprint density at radius 3 is 2.84 bits per heavy atom. The summed E-state index contributed by atoms with van der Waals surface area (Å²) in [6.07, 6.45) is 4.04. The molecular weight excluding hydrogens is 314 g/mol. The second-order valence-corrected chi connectivity index (χ2v) is 6.85. The molecule has 1 aromatic carbocycles. The monoisotopic (exact) mass is 341 g/mol. The molecule has 1 unspecified atom stereocenters. The molecule has 0 radical (unpaired) electrons. The van der Waals surface area contributed by atoms with Crippen molar-refractivity contribution in [1.29, 1.82) is 0 Å². The maximum atomic E-state index is 12.4. The lowest BCUT2D eigenvalue weighted by molar-refractivity contribution is 0.167. The molecule has 25 heavy (non-hydrogen) atoms. The number of aromatic nitrogens is 2. The molecule has 6 nitrogen and oxygen atoms in total. The van der Waals surface area contributed by atoms with Crippen LogP contribution in [0.3, 0.4) is 0 Å². The lowest BCUT2D eigenvalue weighted by Crippen LogP contribution is -2.50. The van der Waals surface area contributed by atoms with Crippen molar-refractivity contribution in [2.24, 2.45) is 7.05 Å². The van der Waals surface area contributed by atoms with Gasteiger partial charge in [0.25, 0.3) is 0 Å². The topological polar surface area (TPSA) is 53.4 Å². The zero-order valence-electron chi connectivity index (χ0n) is 15.1. The van der Waals surface area contributed by atoms with Crippen LogP contribution in [-0.4, -0.2) is 51.8 Å². The summed E-state index contributed by atoms with van der Waals surface area (Å²) in [5.41, 5.74) is 2.22. The fourth-order valence-electron chi connectivity index (χ4n) is 3.31. The van der Waals surface area contributed by atoms with Crippen molar-refractivity contribution in [2.45, 2.75) is 32.0 Å². The maximum Gasteiger partial charge on any atom is 0.317 e. The third-order valence-corrected chi connectivity index (χ3v) is 4.60. The second-order valence-electron chi connectivity index (χ2n) is 6.85. The van der Waals surface area contributed by atoms with Crippen molar-refractivity contribution >= 4 is 6.03 Å². The Morgan fingerprint density at radius 1 is 1.32 bits per heavy atom. The van der Waals surface area contributed by atoms with Gasteiger partial charge < -0.3 is 10.2 Å². The van der Waals surface area contributed by atoms with Gasteiger partial charge in [0.2, 0.25) is 0 Å². The molecule has 134 valence electrons. The quantitative estimate of drug-likeness (QED) is 0.907. The summed E-state index contributed by atoms with van der Waals surface area (Å²) in [4.78, 5) is 16.6. The van der Waals surface area contributed by atoms with Crippen LogP contribution in [0.4, 0.5) is 4.79 Å². The van der Waals surface area contributed by atoms with E-state index in [2.05, 4.69) is 39.6 Å². The highest BCUT2D eigenvalue weighted by Gasteiger charge is 2.22. The number of hydrogen-bond donors (Lipinski definition) is 1. The van der Waals surface area contributed by atoms with E-state index in [9.17, 15) is 4.79 Å². The van der Waals surface area contributed by atoms with Gasteiger partial charge in [-0.1, -0.05) is 30.3 Å². The highest BCUT2D eigenvalue weighted by atomic mass is 16.2. The highest BCUT2D eigenvalue weighted by molar-refractivity contribution is 5.74. The summed E-state index contributed by atoms with van der Waals surface area (Å²) in [6.45, 7) is 3.45. The van der Waals surface area contributed by atoms with Crippen LogP contribution in [-0.2, 0) is 20.1 Å². The van der Waals surface area contributed by atoms with E-state index in [1.165, 1.54) is 5.56 Å². The Bertz CT molecular complexity index is 684. The smallest absolute Gasteiger partial charge is 0.317 e. The molecule has 1 atom stereocenters. The molecule has 1 fully saturated rings. The minimum Gasteiger partial charge on any atom is -0.334 e. The molecule has 1 aliphatic heterocycles. The summed E-state index contributed by atoms with van der Waals surface area (Å²) in [5.74, 6) is 0. The third kappa shape index (κ3) is 5.06. The van der Waals surface area contributed by atoms with E-state index in [0.717, 1.165) is 38.2 Å². The lowest BCUT2D eigenvalue weighted by atomic mass is 10.0. The fraction of sp³-hybridized carbons (Fsp3) is 0.474. The Labute approximate surface area is 149 Å². The number of hydrogen-bond acceptors (Lipinski definition) is 3. The predicted molar refractivity (Wildman–Crippen MR) is 97.9 cm³/mol. The molecular formula is C19H27N5O. The number of aryl methyl sites for hydroxylation is 1. The Hall–Kier alpha value is -2.34. The van der Waals surface area contributed by atoms with Crippen molar-refractivity contribution < 1.29 is 4.79 Å². The van der Waals surface area contributed by atoms with E-state index in [1.54, 1.807) is 9.58 Å². The first-order chi connectivity index (χ1) is 12.1. The summed E-state index contributed by atoms with van der Waals surface area (Å²) in [6, 6.07) is 12.6. The summed E-state index contributed by atoms with van der Waals surface area (Å²) >= 11 is 0. The number of nitrogens with zero attached hydrogens (tertiary/aromatic N) is 4. The van der Waals surface area contributed by atoms with E-state index in [4.69, 9.17) is 0 Å². The number of rotatable bonds is 5. The molecule has 6 heteroatoms. The average molecular weight is 341 g/mol. The number of nitrogens with one attached hydrogen (secondary N) is 1. The number of benzene rings is 1. The molecule has 3 rings (SSSR count). The first-order valence-electron chi connectivity index (χ1n) is 8.86. The zero-order valence-corrected chi connectivity index (χ0v) is 15.1. The number of carbonyl (C=O) groups is 1. The minimum absolute atomic E-state index is 0.0304. The summed E-state index contributed by atoms with van der Waals surface area (Å²) < 4.78 is 1.75. The van der Waals surface area contributed by atoms with Gasteiger partial charge in [-0.05, 0) is 31.0 Å². The van der Waals surface area contributed by atoms with Gasteiger partial charge in [0, 0.05) is 39.4 Å². The van der Waals surface area contributed by atoms with Crippen LogP contribution < -0.4 is 5.32 Å². The van der Waals surface area contributed by atoms with Gasteiger partial charge in [-0.25, -0.2) is 4.79 Å². The van der Waals surface area contributed by atoms with Crippen LogP contribution in [0.15, 0.2) is 42.6 Å². The van der Waals surface area contributed by atoms with Crippen molar-refractivity contribution in [2.75, 3.05) is 20.1 Å². The van der Waals surface area contributed by atoms with E-state index in [0.29, 0.717) is 6.54 Å². The minimum atomic E-state index is -0.0304. The number of urea groups is 1.